The van der Waals surface area contributed by atoms with E-state index in [2.05, 4.69) is 38.1 Å². The second-order valence-corrected chi connectivity index (χ2v) is 4.60. The fourth-order valence-corrected chi connectivity index (χ4v) is 2.42. The van der Waals surface area contributed by atoms with Crippen molar-refractivity contribution in [2.24, 2.45) is 5.41 Å². The highest BCUT2D eigenvalue weighted by atomic mass is 16.3. The van der Waals surface area contributed by atoms with Gasteiger partial charge in [-0.3, -0.25) is 0 Å². The largest absolute Gasteiger partial charge is 0.396 e. The van der Waals surface area contributed by atoms with Crippen LogP contribution in [-0.4, -0.2) is 11.7 Å². The zero-order valence-electron chi connectivity index (χ0n) is 10.2. The summed E-state index contributed by atoms with van der Waals surface area (Å²) in [6.07, 6.45) is 1.09. The number of aliphatic hydroxyl groups excluding tert-OH is 1. The molecule has 1 aliphatic carbocycles. The fourth-order valence-electron chi connectivity index (χ4n) is 2.42. The zero-order chi connectivity index (χ0) is 11.5. The molecule has 0 aromatic heterocycles. The first-order chi connectivity index (χ1) is 7.15. The van der Waals surface area contributed by atoms with Crippen LogP contribution in [0, 0.1) is 5.41 Å². The standard InChI is InChI=1S/C12H16O.C2H6/c1-12(2)7-9-5-3-4-6-10(9)11(12)8-13;1-2/h3-6,11,13H,7-8H2,1-2H3;1-2H3. The van der Waals surface area contributed by atoms with Crippen LogP contribution in [0.5, 0.6) is 0 Å². The Hall–Kier alpha value is -0.820. The molecule has 15 heavy (non-hydrogen) atoms. The molecule has 84 valence electrons. The molecule has 0 heterocycles. The maximum Gasteiger partial charge on any atom is 0.0505 e. The van der Waals surface area contributed by atoms with E-state index in [9.17, 15) is 5.11 Å². The molecule has 0 saturated carbocycles. The van der Waals surface area contributed by atoms with Crippen molar-refractivity contribution < 1.29 is 5.11 Å². The van der Waals surface area contributed by atoms with Gasteiger partial charge >= 0.3 is 0 Å². The summed E-state index contributed by atoms with van der Waals surface area (Å²) in [5.41, 5.74) is 2.97. The van der Waals surface area contributed by atoms with E-state index in [4.69, 9.17) is 0 Å². The van der Waals surface area contributed by atoms with Gasteiger partial charge in [0, 0.05) is 5.92 Å². The average molecular weight is 206 g/mol. The summed E-state index contributed by atoms with van der Waals surface area (Å²) in [7, 11) is 0. The number of hydrogen-bond acceptors (Lipinski definition) is 1. The molecule has 1 atom stereocenters. The van der Waals surface area contributed by atoms with Gasteiger partial charge in [0.1, 0.15) is 0 Å². The summed E-state index contributed by atoms with van der Waals surface area (Å²) < 4.78 is 0. The van der Waals surface area contributed by atoms with Gasteiger partial charge in [-0.15, -0.1) is 0 Å². The first-order valence-corrected chi connectivity index (χ1v) is 5.84. The normalized spacial score (nSPS) is 21.5. The summed E-state index contributed by atoms with van der Waals surface area (Å²) in [4.78, 5) is 0. The van der Waals surface area contributed by atoms with Gasteiger partial charge in [0.15, 0.2) is 0 Å². The van der Waals surface area contributed by atoms with Crippen molar-refractivity contribution in [2.75, 3.05) is 6.61 Å². The maximum atomic E-state index is 9.35. The van der Waals surface area contributed by atoms with Crippen LogP contribution in [0.3, 0.4) is 0 Å². The molecule has 1 N–H and O–H groups in total. The molecule has 0 saturated heterocycles. The molecular formula is C14H22O. The molecule has 0 aliphatic heterocycles. The number of benzene rings is 1. The molecule has 0 radical (unpaired) electrons. The lowest BCUT2D eigenvalue weighted by atomic mass is 9.80. The minimum Gasteiger partial charge on any atom is -0.396 e. The van der Waals surface area contributed by atoms with Gasteiger partial charge in [-0.25, -0.2) is 0 Å². The smallest absolute Gasteiger partial charge is 0.0505 e. The predicted octanol–water partition coefficient (Wildman–Crippen LogP) is 3.37. The molecular weight excluding hydrogens is 184 g/mol. The van der Waals surface area contributed by atoms with Crippen LogP contribution < -0.4 is 0 Å². The molecule has 0 fully saturated rings. The Morgan fingerprint density at radius 1 is 1.27 bits per heavy atom. The van der Waals surface area contributed by atoms with Crippen molar-refractivity contribution in [3.63, 3.8) is 0 Å². The molecule has 1 unspecified atom stereocenters. The monoisotopic (exact) mass is 206 g/mol. The second kappa shape index (κ2) is 4.80. The molecule has 1 heteroatoms. The number of hydrogen-bond donors (Lipinski definition) is 1. The minimum absolute atomic E-state index is 0.221. The van der Waals surface area contributed by atoms with Crippen LogP contribution >= 0.6 is 0 Å². The molecule has 1 aromatic rings. The average Bonchev–Trinajstić information content (AvgIpc) is 2.50. The van der Waals surface area contributed by atoms with Gasteiger partial charge in [-0.1, -0.05) is 52.0 Å². The summed E-state index contributed by atoms with van der Waals surface area (Å²) in [6, 6.07) is 8.45. The molecule has 2 rings (SSSR count). The third kappa shape index (κ3) is 2.23. The van der Waals surface area contributed by atoms with E-state index in [1.54, 1.807) is 0 Å². The van der Waals surface area contributed by atoms with Crippen molar-refractivity contribution >= 4 is 0 Å². The van der Waals surface area contributed by atoms with E-state index in [0.29, 0.717) is 5.92 Å². The number of aliphatic hydroxyl groups is 1. The van der Waals surface area contributed by atoms with Crippen LogP contribution in [0.1, 0.15) is 44.7 Å². The van der Waals surface area contributed by atoms with Gasteiger partial charge in [-0.05, 0) is 23.0 Å². The number of fused-ring (bicyclic) bond motifs is 1. The Balaban J connectivity index is 0.000000531. The molecule has 1 aromatic carbocycles. The third-order valence-electron chi connectivity index (χ3n) is 3.20. The Morgan fingerprint density at radius 2 is 1.87 bits per heavy atom. The minimum atomic E-state index is 0.221. The first kappa shape index (κ1) is 12.3. The van der Waals surface area contributed by atoms with E-state index in [0.717, 1.165) is 6.42 Å². The van der Waals surface area contributed by atoms with Gasteiger partial charge in [-0.2, -0.15) is 0 Å². The van der Waals surface area contributed by atoms with Crippen molar-refractivity contribution in [3.05, 3.63) is 35.4 Å². The molecule has 1 nitrogen and oxygen atoms in total. The van der Waals surface area contributed by atoms with E-state index in [-0.39, 0.29) is 12.0 Å². The van der Waals surface area contributed by atoms with Gasteiger partial charge in [0.05, 0.1) is 6.61 Å². The van der Waals surface area contributed by atoms with Crippen molar-refractivity contribution in [1.29, 1.82) is 0 Å². The summed E-state index contributed by atoms with van der Waals surface area (Å²) in [5.74, 6) is 0.323. The van der Waals surface area contributed by atoms with Crippen LogP contribution in [0.2, 0.25) is 0 Å². The fraction of sp³-hybridized carbons (Fsp3) is 0.571. The van der Waals surface area contributed by atoms with E-state index in [1.807, 2.05) is 13.8 Å². The lowest BCUT2D eigenvalue weighted by Gasteiger charge is -2.25. The Labute approximate surface area is 93.1 Å². The Kier molecular flexibility index (Phi) is 3.92. The van der Waals surface area contributed by atoms with Crippen molar-refractivity contribution in [2.45, 2.75) is 40.0 Å². The molecule has 0 spiro atoms. The second-order valence-electron chi connectivity index (χ2n) is 4.60. The highest BCUT2D eigenvalue weighted by Gasteiger charge is 2.37. The van der Waals surface area contributed by atoms with Gasteiger partial charge < -0.3 is 5.11 Å². The van der Waals surface area contributed by atoms with Crippen LogP contribution in [-0.2, 0) is 6.42 Å². The van der Waals surface area contributed by atoms with Gasteiger partial charge in [0.25, 0.3) is 0 Å². The molecule has 0 amide bonds. The predicted molar refractivity (Wildman–Crippen MR) is 65.1 cm³/mol. The Bertz CT molecular complexity index is 315. The van der Waals surface area contributed by atoms with Gasteiger partial charge in [0.2, 0.25) is 0 Å². The summed E-state index contributed by atoms with van der Waals surface area (Å²) in [5, 5.41) is 9.35. The topological polar surface area (TPSA) is 20.2 Å². The van der Waals surface area contributed by atoms with Crippen LogP contribution in [0.15, 0.2) is 24.3 Å². The SMILES string of the molecule is CC.CC1(C)Cc2ccccc2C1CO. The molecule has 1 aliphatic rings. The summed E-state index contributed by atoms with van der Waals surface area (Å²) >= 11 is 0. The Morgan fingerprint density at radius 3 is 2.47 bits per heavy atom. The highest BCUT2D eigenvalue weighted by molar-refractivity contribution is 5.38. The van der Waals surface area contributed by atoms with Crippen LogP contribution in [0.25, 0.3) is 0 Å². The first-order valence-electron chi connectivity index (χ1n) is 5.84. The lowest BCUT2D eigenvalue weighted by Crippen LogP contribution is -2.20. The zero-order valence-corrected chi connectivity index (χ0v) is 10.2. The van der Waals surface area contributed by atoms with E-state index < -0.39 is 0 Å². The maximum absolute atomic E-state index is 9.35. The lowest BCUT2D eigenvalue weighted by molar-refractivity contribution is 0.187. The summed E-state index contributed by atoms with van der Waals surface area (Å²) in [6.45, 7) is 8.73. The van der Waals surface area contributed by atoms with Crippen molar-refractivity contribution in [3.8, 4) is 0 Å². The molecule has 0 bridgehead atoms. The van der Waals surface area contributed by atoms with Crippen molar-refractivity contribution in [1.82, 2.24) is 0 Å². The van der Waals surface area contributed by atoms with E-state index in [1.165, 1.54) is 11.1 Å². The number of rotatable bonds is 1. The highest BCUT2D eigenvalue weighted by Crippen LogP contribution is 2.46. The van der Waals surface area contributed by atoms with E-state index >= 15 is 0 Å². The van der Waals surface area contributed by atoms with Crippen LogP contribution in [0.4, 0.5) is 0 Å². The third-order valence-corrected chi connectivity index (χ3v) is 3.20. The quantitative estimate of drug-likeness (QED) is 0.747.